The summed E-state index contributed by atoms with van der Waals surface area (Å²) in [6.07, 6.45) is -2.88. The van der Waals surface area contributed by atoms with Crippen LogP contribution in [0.25, 0.3) is 11.0 Å². The minimum atomic E-state index is -4.62. The Hall–Kier alpha value is -3.34. The van der Waals surface area contributed by atoms with Gasteiger partial charge in [0.05, 0.1) is 21.5 Å². The van der Waals surface area contributed by atoms with Crippen molar-refractivity contribution in [3.8, 4) is 0 Å². The second kappa shape index (κ2) is 7.73. The largest absolute Gasteiger partial charge is 0.478 e. The molecule has 1 saturated heterocycles. The van der Waals surface area contributed by atoms with Crippen molar-refractivity contribution in [2.24, 2.45) is 0 Å². The number of carbonyl (C=O) groups is 2. The van der Waals surface area contributed by atoms with Crippen LogP contribution < -0.4 is 9.80 Å². The third-order valence-electron chi connectivity index (χ3n) is 5.00. The van der Waals surface area contributed by atoms with Crippen LogP contribution in [-0.2, 0) is 11.0 Å². The minimum absolute atomic E-state index is 0.0362. The van der Waals surface area contributed by atoms with E-state index < -0.39 is 23.8 Å². The molecule has 2 aromatic heterocycles. The highest BCUT2D eigenvalue weighted by Gasteiger charge is 2.38. The van der Waals surface area contributed by atoms with Crippen molar-refractivity contribution in [1.82, 2.24) is 10.1 Å². The van der Waals surface area contributed by atoms with Crippen molar-refractivity contribution < 1.29 is 32.4 Å². The molecule has 1 unspecified atom stereocenters. The molecule has 0 saturated carbocycles. The Bertz CT molecular complexity index is 1170. The fourth-order valence-electron chi connectivity index (χ4n) is 3.57. The number of aldehydes is 1. The summed E-state index contributed by atoms with van der Waals surface area (Å²) in [4.78, 5) is 30.0. The van der Waals surface area contributed by atoms with Crippen molar-refractivity contribution in [3.05, 3.63) is 46.6 Å². The van der Waals surface area contributed by atoms with Crippen molar-refractivity contribution in [2.75, 3.05) is 29.4 Å². The number of halogens is 4. The van der Waals surface area contributed by atoms with Gasteiger partial charge >= 0.3 is 12.1 Å². The van der Waals surface area contributed by atoms with E-state index in [9.17, 15) is 22.8 Å². The van der Waals surface area contributed by atoms with E-state index in [-0.39, 0.29) is 52.8 Å². The summed E-state index contributed by atoms with van der Waals surface area (Å²) < 4.78 is 45.6. The highest BCUT2D eigenvalue weighted by molar-refractivity contribution is 6.33. The normalized spacial score (nSPS) is 17.2. The van der Waals surface area contributed by atoms with E-state index in [1.807, 2.05) is 0 Å². The molecule has 1 fully saturated rings. The maximum absolute atomic E-state index is 13.5. The fraction of sp³-hybridized carbons (Fsp3) is 0.263. The van der Waals surface area contributed by atoms with Crippen molar-refractivity contribution in [3.63, 3.8) is 0 Å². The van der Waals surface area contributed by atoms with Gasteiger partial charge in [0.1, 0.15) is 18.1 Å². The van der Waals surface area contributed by atoms with Gasteiger partial charge in [0.25, 0.3) is 0 Å². The van der Waals surface area contributed by atoms with Crippen molar-refractivity contribution >= 4 is 46.5 Å². The molecule has 0 spiro atoms. The Balaban J connectivity index is 1.67. The molecule has 0 amide bonds. The summed E-state index contributed by atoms with van der Waals surface area (Å²) in [5, 5.41) is 12.7. The fourth-order valence-corrected chi connectivity index (χ4v) is 3.86. The van der Waals surface area contributed by atoms with E-state index in [2.05, 4.69) is 10.1 Å². The zero-order valence-electron chi connectivity index (χ0n) is 15.6. The lowest BCUT2D eigenvalue weighted by Crippen LogP contribution is -2.54. The second-order valence-corrected chi connectivity index (χ2v) is 7.27. The van der Waals surface area contributed by atoms with E-state index in [0.29, 0.717) is 6.29 Å². The van der Waals surface area contributed by atoms with Crippen LogP contribution >= 0.6 is 11.6 Å². The lowest BCUT2D eigenvalue weighted by atomic mass is 10.1. The number of aromatic carboxylic acids is 1. The average molecular weight is 455 g/mol. The monoisotopic (exact) mass is 454 g/mol. The number of alkyl halides is 3. The Kier molecular flexibility index (Phi) is 5.21. The number of rotatable bonds is 4. The number of benzene rings is 1. The van der Waals surface area contributed by atoms with Gasteiger partial charge in [0, 0.05) is 25.8 Å². The van der Waals surface area contributed by atoms with Crippen LogP contribution in [0.5, 0.6) is 0 Å². The molecule has 31 heavy (non-hydrogen) atoms. The van der Waals surface area contributed by atoms with Crippen LogP contribution in [-0.4, -0.2) is 53.2 Å². The Morgan fingerprint density at radius 1 is 1.29 bits per heavy atom. The number of fused-ring (bicyclic) bond motifs is 1. The third-order valence-corrected chi connectivity index (χ3v) is 5.28. The Morgan fingerprint density at radius 3 is 2.71 bits per heavy atom. The number of carboxylic acids is 1. The lowest BCUT2D eigenvalue weighted by Gasteiger charge is -2.39. The molecular weight excluding hydrogens is 441 g/mol. The van der Waals surface area contributed by atoms with Gasteiger partial charge in [-0.15, -0.1) is 0 Å². The van der Waals surface area contributed by atoms with Crippen molar-refractivity contribution in [1.29, 1.82) is 0 Å². The van der Waals surface area contributed by atoms with Gasteiger partial charge in [0.15, 0.2) is 11.4 Å². The van der Waals surface area contributed by atoms with Gasteiger partial charge in [-0.3, -0.25) is 0 Å². The number of nitrogens with zero attached hydrogens (tertiary/aromatic N) is 4. The van der Waals surface area contributed by atoms with Gasteiger partial charge in [-0.2, -0.15) is 13.2 Å². The lowest BCUT2D eigenvalue weighted by molar-refractivity contribution is -0.136. The van der Waals surface area contributed by atoms with Crippen LogP contribution in [0.2, 0.25) is 5.02 Å². The molecule has 8 nitrogen and oxygen atoms in total. The number of piperazine rings is 1. The zero-order chi connectivity index (χ0) is 22.3. The molecule has 0 aliphatic carbocycles. The smallest absolute Gasteiger partial charge is 0.417 e. The standard InChI is InChI=1S/C19H14ClF3N4O4/c20-13-6-10(18(29)30)7-24-16(13)26-4-5-27(11(8-26)9-28)17-15-12(19(21,22)23)2-1-3-14(15)31-25-17/h1-3,6-7,9,11H,4-5,8H2,(H,29,30). The number of anilines is 2. The zero-order valence-corrected chi connectivity index (χ0v) is 16.4. The summed E-state index contributed by atoms with van der Waals surface area (Å²) >= 11 is 6.16. The van der Waals surface area contributed by atoms with Gasteiger partial charge in [-0.25, -0.2) is 9.78 Å². The Labute approximate surface area is 177 Å². The molecule has 0 bridgehead atoms. The van der Waals surface area contributed by atoms with E-state index in [1.54, 1.807) is 4.90 Å². The first-order valence-corrected chi connectivity index (χ1v) is 9.40. The number of hydrogen-bond acceptors (Lipinski definition) is 7. The molecular formula is C19H14ClF3N4O4. The SMILES string of the molecule is O=CC1CN(c2ncc(C(=O)O)cc2Cl)CCN1c1noc2cccc(C(F)(F)F)c12. The first kappa shape index (κ1) is 20.9. The highest BCUT2D eigenvalue weighted by Crippen LogP contribution is 2.40. The van der Waals surface area contributed by atoms with Gasteiger partial charge in [-0.05, 0) is 18.2 Å². The van der Waals surface area contributed by atoms with Gasteiger partial charge in [0.2, 0.25) is 0 Å². The van der Waals surface area contributed by atoms with E-state index in [0.717, 1.165) is 12.3 Å². The predicted molar refractivity (Wildman–Crippen MR) is 105 cm³/mol. The molecule has 3 aromatic rings. The molecule has 1 aliphatic rings. The van der Waals surface area contributed by atoms with Crippen LogP contribution in [0.3, 0.4) is 0 Å². The summed E-state index contributed by atoms with van der Waals surface area (Å²) in [5.41, 5.74) is -1.03. The van der Waals surface area contributed by atoms with Crippen LogP contribution in [0, 0.1) is 0 Å². The first-order valence-electron chi connectivity index (χ1n) is 9.02. The molecule has 3 heterocycles. The number of aromatic nitrogens is 2. The van der Waals surface area contributed by atoms with Crippen LogP contribution in [0.4, 0.5) is 24.8 Å². The van der Waals surface area contributed by atoms with Crippen LogP contribution in [0.1, 0.15) is 15.9 Å². The second-order valence-electron chi connectivity index (χ2n) is 6.86. The molecule has 0 radical (unpaired) electrons. The molecule has 1 aliphatic heterocycles. The molecule has 1 aromatic carbocycles. The number of pyridine rings is 1. The third kappa shape index (κ3) is 3.76. The predicted octanol–water partition coefficient (Wildman–Crippen LogP) is 3.49. The van der Waals surface area contributed by atoms with Gasteiger partial charge < -0.3 is 24.2 Å². The minimum Gasteiger partial charge on any atom is -0.478 e. The number of hydrogen-bond donors (Lipinski definition) is 1. The molecule has 1 atom stereocenters. The molecule has 4 rings (SSSR count). The van der Waals surface area contributed by atoms with Crippen molar-refractivity contribution in [2.45, 2.75) is 12.2 Å². The molecule has 162 valence electrons. The number of carboxylic acid groups (broad SMARTS) is 1. The van der Waals surface area contributed by atoms with Gasteiger partial charge in [-0.1, -0.05) is 22.8 Å². The molecule has 12 heteroatoms. The topological polar surface area (TPSA) is 99.8 Å². The summed E-state index contributed by atoms with van der Waals surface area (Å²) in [7, 11) is 0. The highest BCUT2D eigenvalue weighted by atomic mass is 35.5. The maximum Gasteiger partial charge on any atom is 0.417 e. The Morgan fingerprint density at radius 2 is 2.06 bits per heavy atom. The number of carbonyl (C=O) groups excluding carboxylic acids is 1. The maximum atomic E-state index is 13.5. The van der Waals surface area contributed by atoms with E-state index in [1.165, 1.54) is 23.1 Å². The average Bonchev–Trinajstić information content (AvgIpc) is 3.16. The summed E-state index contributed by atoms with van der Waals surface area (Å²) in [6.45, 7) is 0.452. The summed E-state index contributed by atoms with van der Waals surface area (Å²) in [6, 6.07) is 3.92. The van der Waals surface area contributed by atoms with Crippen LogP contribution in [0.15, 0.2) is 35.0 Å². The quantitative estimate of drug-likeness (QED) is 0.598. The van der Waals surface area contributed by atoms with E-state index in [4.69, 9.17) is 21.2 Å². The summed E-state index contributed by atoms with van der Waals surface area (Å²) in [5.74, 6) is -0.978. The molecule has 1 N–H and O–H groups in total. The van der Waals surface area contributed by atoms with E-state index >= 15 is 0 Å². The first-order chi connectivity index (χ1) is 14.7.